The summed E-state index contributed by atoms with van der Waals surface area (Å²) in [5, 5.41) is 6.49. The molecule has 2 aliphatic rings. The van der Waals surface area contributed by atoms with E-state index in [0.717, 1.165) is 12.1 Å². The van der Waals surface area contributed by atoms with Gasteiger partial charge in [0.2, 0.25) is 0 Å². The summed E-state index contributed by atoms with van der Waals surface area (Å²) >= 11 is 18.0. The van der Waals surface area contributed by atoms with Crippen LogP contribution in [-0.4, -0.2) is 39.6 Å². The van der Waals surface area contributed by atoms with Gasteiger partial charge >= 0.3 is 6.18 Å². The molecule has 0 aliphatic carbocycles. The lowest BCUT2D eigenvalue weighted by Crippen LogP contribution is -2.50. The molecule has 0 saturated carbocycles. The van der Waals surface area contributed by atoms with Gasteiger partial charge in [0.1, 0.15) is 0 Å². The third-order valence-electron chi connectivity index (χ3n) is 5.17. The van der Waals surface area contributed by atoms with Gasteiger partial charge in [-0.15, -0.1) is 0 Å². The van der Waals surface area contributed by atoms with Crippen molar-refractivity contribution in [1.82, 2.24) is 5.32 Å². The summed E-state index contributed by atoms with van der Waals surface area (Å²) in [5.74, 6) is 0.303. The third-order valence-corrected chi connectivity index (χ3v) is 7.47. The Morgan fingerprint density at radius 3 is 2.34 bits per heavy atom. The van der Waals surface area contributed by atoms with Crippen molar-refractivity contribution in [3.63, 3.8) is 0 Å². The van der Waals surface area contributed by atoms with E-state index in [1.165, 1.54) is 24.3 Å². The fraction of sp³-hybridized carbons (Fsp3) is 0.300. The largest absolute Gasteiger partial charge is 0.435 e. The molecule has 0 radical (unpaired) electrons. The minimum atomic E-state index is -4.82. The first-order valence-corrected chi connectivity index (χ1v) is 11.8. The molecular formula is C20H14Cl3F3N2O3S. The number of nitrogens with one attached hydrogen (secondary N) is 1. The lowest BCUT2D eigenvalue weighted by atomic mass is 9.86. The van der Waals surface area contributed by atoms with Crippen molar-refractivity contribution in [2.24, 2.45) is 5.16 Å². The monoisotopic (exact) mass is 524 g/mol. The Balaban J connectivity index is 1.59. The lowest BCUT2D eigenvalue weighted by molar-refractivity contribution is -0.275. The maximum absolute atomic E-state index is 14.1. The zero-order valence-corrected chi connectivity index (χ0v) is 19.1. The molecule has 1 fully saturated rings. The number of rotatable bonds is 4. The van der Waals surface area contributed by atoms with Gasteiger partial charge in [-0.2, -0.15) is 13.2 Å². The van der Waals surface area contributed by atoms with Crippen LogP contribution in [0.4, 0.5) is 13.2 Å². The normalized spacial score (nSPS) is 25.0. The molecule has 32 heavy (non-hydrogen) atoms. The van der Waals surface area contributed by atoms with Gasteiger partial charge in [0.05, 0.1) is 22.3 Å². The van der Waals surface area contributed by atoms with E-state index in [2.05, 4.69) is 10.5 Å². The standard InChI is InChI=1S/C20H14Cl3F3N2O3S/c21-12-4-11(5-13(22)6-12)19(20(24,25)26)7-17(28-31-19)10-1-2-15(16(23)3-10)18(29)27-14-8-32(30)9-14/h1-6,14H,7-9H2,(H,27,29)/t14?,19-,32?/m0/s1. The predicted molar refractivity (Wildman–Crippen MR) is 117 cm³/mol. The summed E-state index contributed by atoms with van der Waals surface area (Å²) in [5.41, 5.74) is -2.62. The van der Waals surface area contributed by atoms with Gasteiger partial charge in [-0.3, -0.25) is 9.00 Å². The lowest BCUT2D eigenvalue weighted by Gasteiger charge is -2.29. The Morgan fingerprint density at radius 1 is 1.12 bits per heavy atom. The number of hydrogen-bond acceptors (Lipinski definition) is 4. The number of benzene rings is 2. The molecule has 1 amide bonds. The van der Waals surface area contributed by atoms with E-state index in [0.29, 0.717) is 11.5 Å². The molecular weight excluding hydrogens is 512 g/mol. The van der Waals surface area contributed by atoms with Crippen LogP contribution in [0.2, 0.25) is 15.1 Å². The number of halogens is 6. The van der Waals surface area contributed by atoms with Crippen molar-refractivity contribution < 1.29 is 27.0 Å². The summed E-state index contributed by atoms with van der Waals surface area (Å²) < 4.78 is 53.5. The molecule has 5 nitrogen and oxygen atoms in total. The highest BCUT2D eigenvalue weighted by molar-refractivity contribution is 7.86. The maximum Gasteiger partial charge on any atom is 0.435 e. The summed E-state index contributed by atoms with van der Waals surface area (Å²) in [7, 11) is -0.925. The zero-order valence-electron chi connectivity index (χ0n) is 16.0. The molecule has 1 atom stereocenters. The quantitative estimate of drug-likeness (QED) is 0.605. The van der Waals surface area contributed by atoms with Gasteiger partial charge in [-0.05, 0) is 30.3 Å². The Hall–Kier alpha value is -1.81. The van der Waals surface area contributed by atoms with Crippen LogP contribution in [0.1, 0.15) is 27.9 Å². The Bertz CT molecular complexity index is 1130. The highest BCUT2D eigenvalue weighted by Crippen LogP contribution is 2.49. The minimum absolute atomic E-state index is 0.00155. The first kappa shape index (κ1) is 23.4. The van der Waals surface area contributed by atoms with Crippen LogP contribution in [0.3, 0.4) is 0 Å². The molecule has 0 spiro atoms. The van der Waals surface area contributed by atoms with Gasteiger partial charge in [-0.1, -0.05) is 46.0 Å². The van der Waals surface area contributed by atoms with Crippen LogP contribution in [0, 0.1) is 0 Å². The van der Waals surface area contributed by atoms with Gasteiger partial charge < -0.3 is 10.2 Å². The average Bonchev–Trinajstić information content (AvgIpc) is 3.12. The van der Waals surface area contributed by atoms with Crippen LogP contribution in [-0.2, 0) is 21.2 Å². The number of carbonyl (C=O) groups is 1. The molecule has 2 aliphatic heterocycles. The number of alkyl halides is 3. The van der Waals surface area contributed by atoms with Crippen molar-refractivity contribution in [2.75, 3.05) is 11.5 Å². The number of oxime groups is 1. The summed E-state index contributed by atoms with van der Waals surface area (Å²) in [6.07, 6.45) is -5.46. The molecule has 12 heteroatoms. The molecule has 170 valence electrons. The van der Waals surface area contributed by atoms with E-state index in [4.69, 9.17) is 39.6 Å². The second-order valence-corrected chi connectivity index (χ2v) is 10.3. The second-order valence-electron chi connectivity index (χ2n) is 7.43. The number of amides is 1. The van der Waals surface area contributed by atoms with Crippen LogP contribution in [0.15, 0.2) is 41.6 Å². The van der Waals surface area contributed by atoms with Crippen molar-refractivity contribution in [3.8, 4) is 0 Å². The summed E-state index contributed by atoms with van der Waals surface area (Å²) in [4.78, 5) is 17.3. The topological polar surface area (TPSA) is 67.8 Å². The van der Waals surface area contributed by atoms with E-state index in [9.17, 15) is 22.2 Å². The molecule has 0 unspecified atom stereocenters. The van der Waals surface area contributed by atoms with Crippen LogP contribution in [0.25, 0.3) is 0 Å². The second kappa shape index (κ2) is 8.52. The molecule has 2 aromatic rings. The van der Waals surface area contributed by atoms with Crippen molar-refractivity contribution in [1.29, 1.82) is 0 Å². The fourth-order valence-electron chi connectivity index (χ4n) is 3.47. The minimum Gasteiger partial charge on any atom is -0.374 e. The van der Waals surface area contributed by atoms with E-state index in [1.807, 2.05) is 0 Å². The van der Waals surface area contributed by atoms with E-state index < -0.39 is 34.9 Å². The summed E-state index contributed by atoms with van der Waals surface area (Å²) in [6, 6.07) is 7.59. The predicted octanol–water partition coefficient (Wildman–Crippen LogP) is 5.09. The van der Waals surface area contributed by atoms with Crippen molar-refractivity contribution in [3.05, 3.63) is 68.2 Å². The molecule has 2 aromatic carbocycles. The molecule has 0 bridgehead atoms. The van der Waals surface area contributed by atoms with Crippen LogP contribution < -0.4 is 5.32 Å². The first-order valence-electron chi connectivity index (χ1n) is 9.22. The number of nitrogens with zero attached hydrogens (tertiary/aromatic N) is 1. The third kappa shape index (κ3) is 4.35. The SMILES string of the molecule is O=C(NC1CS(=O)C1)c1ccc(C2=NO[C@@](c3cc(Cl)cc(Cl)c3)(C(F)(F)F)C2)cc1Cl. The first-order chi connectivity index (χ1) is 15.0. The van der Waals surface area contributed by atoms with E-state index in [-0.39, 0.29) is 43.5 Å². The maximum atomic E-state index is 14.1. The molecule has 1 saturated heterocycles. The van der Waals surface area contributed by atoms with Gasteiger partial charge in [-0.25, -0.2) is 0 Å². The molecule has 2 heterocycles. The highest BCUT2D eigenvalue weighted by atomic mass is 35.5. The van der Waals surface area contributed by atoms with Crippen molar-refractivity contribution in [2.45, 2.75) is 24.2 Å². The number of carbonyl (C=O) groups excluding carboxylic acids is 1. The average molecular weight is 526 g/mol. The molecule has 1 N–H and O–H groups in total. The van der Waals surface area contributed by atoms with Gasteiger partial charge in [0.25, 0.3) is 11.5 Å². The molecule has 0 aromatic heterocycles. The number of hydrogen-bond donors (Lipinski definition) is 1. The van der Waals surface area contributed by atoms with Gasteiger partial charge in [0.15, 0.2) is 0 Å². The smallest absolute Gasteiger partial charge is 0.374 e. The summed E-state index contributed by atoms with van der Waals surface area (Å²) in [6.45, 7) is 0. The Kier molecular flexibility index (Phi) is 6.21. The zero-order chi connectivity index (χ0) is 23.3. The highest BCUT2D eigenvalue weighted by Gasteiger charge is 2.62. The fourth-order valence-corrected chi connectivity index (χ4v) is 5.23. The van der Waals surface area contributed by atoms with E-state index >= 15 is 0 Å². The Labute approximate surface area is 198 Å². The molecule has 4 rings (SSSR count). The Morgan fingerprint density at radius 2 is 1.78 bits per heavy atom. The van der Waals surface area contributed by atoms with Crippen LogP contribution >= 0.6 is 34.8 Å². The van der Waals surface area contributed by atoms with Crippen molar-refractivity contribution >= 4 is 57.2 Å². The van der Waals surface area contributed by atoms with Gasteiger partial charge in [0, 0.05) is 49.9 Å². The van der Waals surface area contributed by atoms with E-state index in [1.54, 1.807) is 0 Å². The van der Waals surface area contributed by atoms with Crippen LogP contribution in [0.5, 0.6) is 0 Å².